The molecular weight excluding hydrogens is 297 g/mol. The summed E-state index contributed by atoms with van der Waals surface area (Å²) in [5.41, 5.74) is 1.08. The lowest BCUT2D eigenvalue weighted by Gasteiger charge is -2.21. The van der Waals surface area contributed by atoms with E-state index in [-0.39, 0.29) is 17.1 Å². The van der Waals surface area contributed by atoms with Crippen molar-refractivity contribution in [3.05, 3.63) is 42.5 Å². The first-order valence-electron chi connectivity index (χ1n) is 7.34. The van der Waals surface area contributed by atoms with Crippen molar-refractivity contribution in [3.8, 4) is 11.1 Å². The molecule has 1 saturated heterocycles. The Hall–Kier alpha value is -2.34. The number of hydrogen-bond acceptors (Lipinski definition) is 4. The van der Waals surface area contributed by atoms with Gasteiger partial charge >= 0.3 is 0 Å². The fourth-order valence-corrected chi connectivity index (χ4v) is 2.91. The monoisotopic (exact) mass is 315 g/mol. The second-order valence-electron chi connectivity index (χ2n) is 6.31. The smallest absolute Gasteiger partial charge is 0.259 e. The Bertz CT molecular complexity index is 731. The summed E-state index contributed by atoms with van der Waals surface area (Å²) in [5, 5.41) is 0. The van der Waals surface area contributed by atoms with Crippen LogP contribution in [0.15, 0.2) is 36.7 Å². The predicted molar refractivity (Wildman–Crippen MR) is 84.4 cm³/mol. The van der Waals surface area contributed by atoms with Crippen molar-refractivity contribution in [1.29, 1.82) is 0 Å². The van der Waals surface area contributed by atoms with Gasteiger partial charge in [0.1, 0.15) is 11.9 Å². The molecule has 23 heavy (non-hydrogen) atoms. The minimum absolute atomic E-state index is 0.143. The second kappa shape index (κ2) is 5.70. The van der Waals surface area contributed by atoms with Gasteiger partial charge in [0.2, 0.25) is 5.95 Å². The van der Waals surface area contributed by atoms with E-state index in [1.165, 1.54) is 24.1 Å². The molecule has 0 spiro atoms. The van der Waals surface area contributed by atoms with Crippen LogP contribution < -0.4 is 4.90 Å². The zero-order valence-electron chi connectivity index (χ0n) is 13.3. The van der Waals surface area contributed by atoms with Crippen molar-refractivity contribution in [2.45, 2.75) is 20.0 Å². The number of benzene rings is 1. The fourth-order valence-electron chi connectivity index (χ4n) is 2.91. The van der Waals surface area contributed by atoms with Crippen LogP contribution in [0.3, 0.4) is 0 Å². The molecule has 0 unspecified atom stereocenters. The van der Waals surface area contributed by atoms with E-state index in [1.807, 2.05) is 13.8 Å². The van der Waals surface area contributed by atoms with Gasteiger partial charge in [0.25, 0.3) is 5.91 Å². The van der Waals surface area contributed by atoms with Crippen LogP contribution in [0.25, 0.3) is 11.1 Å². The van der Waals surface area contributed by atoms with E-state index >= 15 is 0 Å². The van der Waals surface area contributed by atoms with Gasteiger partial charge in [-0.05, 0) is 17.7 Å². The number of carbonyl (C=O) groups excluding carboxylic acids is 1. The first-order valence-corrected chi connectivity index (χ1v) is 7.34. The highest BCUT2D eigenvalue weighted by Crippen LogP contribution is 2.34. The van der Waals surface area contributed by atoms with Gasteiger partial charge in [-0.1, -0.05) is 26.0 Å². The van der Waals surface area contributed by atoms with E-state index in [1.54, 1.807) is 24.5 Å². The topological polar surface area (TPSA) is 55.3 Å². The Morgan fingerprint density at radius 1 is 1.26 bits per heavy atom. The Labute approximate surface area is 134 Å². The lowest BCUT2D eigenvalue weighted by atomic mass is 9.90. The quantitative estimate of drug-likeness (QED) is 0.874. The van der Waals surface area contributed by atoms with Crippen LogP contribution in [0, 0.1) is 11.2 Å². The largest absolute Gasteiger partial charge is 0.371 e. The standard InChI is InChI=1S/C17H18FN3O2/c1-17(2)10-21(15(22)14(17)23-3)16-19-8-12(9-20-16)11-5-4-6-13(18)7-11/h4-9,14H,10H2,1-3H3/t14-/m1/s1. The molecule has 3 rings (SSSR count). The molecule has 0 saturated carbocycles. The van der Waals surface area contributed by atoms with Gasteiger partial charge in [0.05, 0.1) is 0 Å². The van der Waals surface area contributed by atoms with Gasteiger partial charge in [0, 0.05) is 37.0 Å². The summed E-state index contributed by atoms with van der Waals surface area (Å²) in [4.78, 5) is 22.5. The van der Waals surface area contributed by atoms with E-state index < -0.39 is 6.10 Å². The van der Waals surface area contributed by atoms with Crippen LogP contribution in [0.5, 0.6) is 0 Å². The summed E-state index contributed by atoms with van der Waals surface area (Å²) in [6.07, 6.45) is 2.68. The van der Waals surface area contributed by atoms with Gasteiger partial charge in [-0.3, -0.25) is 9.69 Å². The van der Waals surface area contributed by atoms with Crippen molar-refractivity contribution < 1.29 is 13.9 Å². The van der Waals surface area contributed by atoms with Crippen molar-refractivity contribution in [2.75, 3.05) is 18.6 Å². The highest BCUT2D eigenvalue weighted by Gasteiger charge is 2.47. The van der Waals surface area contributed by atoms with Crippen molar-refractivity contribution in [3.63, 3.8) is 0 Å². The van der Waals surface area contributed by atoms with Crippen LogP contribution in [0.1, 0.15) is 13.8 Å². The third kappa shape index (κ3) is 2.82. The number of rotatable bonds is 3. The first kappa shape index (κ1) is 15.6. The van der Waals surface area contributed by atoms with E-state index in [0.29, 0.717) is 23.6 Å². The zero-order valence-corrected chi connectivity index (χ0v) is 13.3. The molecule has 5 nitrogen and oxygen atoms in total. The average Bonchev–Trinajstić information content (AvgIpc) is 2.76. The molecule has 120 valence electrons. The summed E-state index contributed by atoms with van der Waals surface area (Å²) in [7, 11) is 1.53. The van der Waals surface area contributed by atoms with Crippen LogP contribution in [0.2, 0.25) is 0 Å². The number of carbonyl (C=O) groups is 1. The predicted octanol–water partition coefficient (Wildman–Crippen LogP) is 2.67. The van der Waals surface area contributed by atoms with Crippen LogP contribution in [0.4, 0.5) is 10.3 Å². The molecule has 1 aliphatic heterocycles. The molecule has 1 aromatic heterocycles. The van der Waals surface area contributed by atoms with E-state index in [2.05, 4.69) is 9.97 Å². The SMILES string of the molecule is CO[C@@H]1C(=O)N(c2ncc(-c3cccc(F)c3)cn2)CC1(C)C. The number of hydrogen-bond donors (Lipinski definition) is 0. The van der Waals surface area contributed by atoms with Gasteiger partial charge in [0.15, 0.2) is 0 Å². The van der Waals surface area contributed by atoms with Gasteiger partial charge < -0.3 is 4.74 Å². The molecule has 6 heteroatoms. The van der Waals surface area contributed by atoms with Crippen molar-refractivity contribution >= 4 is 11.9 Å². The van der Waals surface area contributed by atoms with Crippen molar-refractivity contribution in [2.24, 2.45) is 5.41 Å². The Balaban J connectivity index is 1.87. The Morgan fingerprint density at radius 2 is 1.96 bits per heavy atom. The lowest BCUT2D eigenvalue weighted by Crippen LogP contribution is -2.33. The molecule has 0 bridgehead atoms. The lowest BCUT2D eigenvalue weighted by molar-refractivity contribution is -0.128. The third-order valence-corrected chi connectivity index (χ3v) is 4.04. The molecule has 2 heterocycles. The van der Waals surface area contributed by atoms with Gasteiger partial charge in [-0.15, -0.1) is 0 Å². The number of nitrogens with zero attached hydrogens (tertiary/aromatic N) is 3. The molecule has 2 aromatic rings. The van der Waals surface area contributed by atoms with Crippen LogP contribution >= 0.6 is 0 Å². The van der Waals surface area contributed by atoms with Crippen LogP contribution in [-0.4, -0.2) is 35.6 Å². The van der Waals surface area contributed by atoms with Crippen molar-refractivity contribution in [1.82, 2.24) is 9.97 Å². The zero-order chi connectivity index (χ0) is 16.6. The Kier molecular flexibility index (Phi) is 3.85. The number of halogens is 1. The molecule has 0 aliphatic carbocycles. The van der Waals surface area contributed by atoms with E-state index in [0.717, 1.165) is 0 Å². The summed E-state index contributed by atoms with van der Waals surface area (Å²) in [6.45, 7) is 4.43. The molecule has 1 amide bonds. The van der Waals surface area contributed by atoms with Crippen LogP contribution in [-0.2, 0) is 9.53 Å². The number of aromatic nitrogens is 2. The highest BCUT2D eigenvalue weighted by molar-refractivity contribution is 5.98. The summed E-state index contributed by atoms with van der Waals surface area (Å²) in [5.74, 6) is -0.121. The number of amides is 1. The Morgan fingerprint density at radius 3 is 2.52 bits per heavy atom. The number of anilines is 1. The molecule has 0 radical (unpaired) electrons. The second-order valence-corrected chi connectivity index (χ2v) is 6.31. The maximum atomic E-state index is 13.3. The highest BCUT2D eigenvalue weighted by atomic mass is 19.1. The van der Waals surface area contributed by atoms with Gasteiger partial charge in [-0.25, -0.2) is 14.4 Å². The van der Waals surface area contributed by atoms with E-state index in [9.17, 15) is 9.18 Å². The minimum Gasteiger partial charge on any atom is -0.371 e. The van der Waals surface area contributed by atoms with Gasteiger partial charge in [-0.2, -0.15) is 0 Å². The maximum Gasteiger partial charge on any atom is 0.259 e. The first-order chi connectivity index (χ1) is 10.9. The number of methoxy groups -OCH3 is 1. The molecule has 0 N–H and O–H groups in total. The van der Waals surface area contributed by atoms with E-state index in [4.69, 9.17) is 4.74 Å². The maximum absolute atomic E-state index is 13.3. The average molecular weight is 315 g/mol. The molecular formula is C17H18FN3O2. The molecule has 1 fully saturated rings. The molecule has 1 atom stereocenters. The summed E-state index contributed by atoms with van der Waals surface area (Å²) >= 11 is 0. The summed E-state index contributed by atoms with van der Waals surface area (Å²) in [6, 6.07) is 6.22. The minimum atomic E-state index is -0.506. The number of ether oxygens (including phenoxy) is 1. The molecule has 1 aromatic carbocycles. The normalized spacial score (nSPS) is 20.1. The molecule has 1 aliphatic rings. The summed E-state index contributed by atoms with van der Waals surface area (Å²) < 4.78 is 18.6. The fraction of sp³-hybridized carbons (Fsp3) is 0.353. The third-order valence-electron chi connectivity index (χ3n) is 4.04.